The molecule has 0 saturated heterocycles. The highest BCUT2D eigenvalue weighted by atomic mass is 14.1. The summed E-state index contributed by atoms with van der Waals surface area (Å²) in [4.78, 5) is 0. The third kappa shape index (κ3) is 1.84. The van der Waals surface area contributed by atoms with Crippen LogP contribution in [0.4, 0.5) is 0 Å². The SMILES string of the molecule is [CH]=Cc1cccc(C)c1-c1ccccc1. The Kier molecular flexibility index (Phi) is 2.68. The molecule has 2 aromatic carbocycles. The largest absolute Gasteiger partial charge is 0.0622 e. The quantitative estimate of drug-likeness (QED) is 0.673. The van der Waals surface area contributed by atoms with Crippen molar-refractivity contribution in [1.82, 2.24) is 0 Å². The molecule has 0 aliphatic rings. The van der Waals surface area contributed by atoms with E-state index in [-0.39, 0.29) is 0 Å². The fraction of sp³-hybridized carbons (Fsp3) is 0.0667. The van der Waals surface area contributed by atoms with Gasteiger partial charge in [-0.25, -0.2) is 0 Å². The highest BCUT2D eigenvalue weighted by Gasteiger charge is 2.04. The Balaban J connectivity index is 2.66. The smallest absolute Gasteiger partial charge is 0.00821 e. The Hall–Kier alpha value is -1.82. The van der Waals surface area contributed by atoms with Gasteiger partial charge in [0, 0.05) is 0 Å². The molecule has 2 rings (SSSR count). The molecule has 0 nitrogen and oxygen atoms in total. The Morgan fingerprint density at radius 2 is 1.67 bits per heavy atom. The van der Waals surface area contributed by atoms with Crippen molar-refractivity contribution < 1.29 is 0 Å². The minimum Gasteiger partial charge on any atom is -0.0622 e. The lowest BCUT2D eigenvalue weighted by Gasteiger charge is -2.09. The van der Waals surface area contributed by atoms with Crippen LogP contribution in [0.1, 0.15) is 11.1 Å². The average molecular weight is 193 g/mol. The van der Waals surface area contributed by atoms with E-state index in [2.05, 4.69) is 25.1 Å². The van der Waals surface area contributed by atoms with Gasteiger partial charge >= 0.3 is 0 Å². The second kappa shape index (κ2) is 4.14. The van der Waals surface area contributed by atoms with Crippen LogP contribution in [0, 0.1) is 13.5 Å². The first kappa shape index (κ1) is 9.72. The third-order valence-corrected chi connectivity index (χ3v) is 2.55. The summed E-state index contributed by atoms with van der Waals surface area (Å²) in [5.74, 6) is 0. The van der Waals surface area contributed by atoms with Crippen molar-refractivity contribution in [3.63, 3.8) is 0 Å². The summed E-state index contributed by atoms with van der Waals surface area (Å²) in [6.45, 7) is 7.74. The van der Waals surface area contributed by atoms with Gasteiger partial charge in [-0.05, 0) is 29.2 Å². The zero-order valence-electron chi connectivity index (χ0n) is 8.77. The van der Waals surface area contributed by atoms with Crippen molar-refractivity contribution in [2.75, 3.05) is 0 Å². The lowest BCUT2D eigenvalue weighted by Crippen LogP contribution is -1.86. The minimum absolute atomic E-state index is 1.08. The van der Waals surface area contributed by atoms with Gasteiger partial charge in [-0.15, -0.1) is 0 Å². The standard InChI is InChI=1S/C15H13/c1-3-13-11-7-8-12(2)15(13)14-9-5-4-6-10-14/h1,3-11H,2H3. The van der Waals surface area contributed by atoms with Crippen LogP contribution in [0.25, 0.3) is 17.2 Å². The molecule has 0 N–H and O–H groups in total. The van der Waals surface area contributed by atoms with Crippen molar-refractivity contribution >= 4 is 6.08 Å². The fourth-order valence-electron chi connectivity index (χ4n) is 1.83. The molecule has 0 aromatic heterocycles. The minimum atomic E-state index is 1.08. The monoisotopic (exact) mass is 193 g/mol. The molecule has 15 heavy (non-hydrogen) atoms. The van der Waals surface area contributed by atoms with Gasteiger partial charge in [0.1, 0.15) is 0 Å². The molecule has 0 atom stereocenters. The van der Waals surface area contributed by atoms with E-state index in [1.165, 1.54) is 16.7 Å². The van der Waals surface area contributed by atoms with E-state index in [0.29, 0.717) is 0 Å². The molecule has 0 amide bonds. The zero-order chi connectivity index (χ0) is 10.7. The van der Waals surface area contributed by atoms with Gasteiger partial charge in [0.2, 0.25) is 0 Å². The Labute approximate surface area is 90.9 Å². The molecular weight excluding hydrogens is 180 g/mol. The molecule has 0 bridgehead atoms. The van der Waals surface area contributed by atoms with E-state index in [0.717, 1.165) is 5.56 Å². The molecule has 0 fully saturated rings. The average Bonchev–Trinajstić information content (AvgIpc) is 2.29. The molecule has 0 spiro atoms. The Morgan fingerprint density at radius 1 is 0.933 bits per heavy atom. The molecular formula is C15H13. The van der Waals surface area contributed by atoms with Crippen LogP contribution in [-0.4, -0.2) is 0 Å². The number of benzene rings is 2. The maximum absolute atomic E-state index is 5.63. The summed E-state index contributed by atoms with van der Waals surface area (Å²) in [7, 11) is 0. The van der Waals surface area contributed by atoms with Gasteiger partial charge in [0.25, 0.3) is 0 Å². The summed E-state index contributed by atoms with van der Waals surface area (Å²) in [6.07, 6.45) is 1.66. The van der Waals surface area contributed by atoms with E-state index in [1.54, 1.807) is 6.08 Å². The van der Waals surface area contributed by atoms with Crippen LogP contribution in [0.2, 0.25) is 0 Å². The lowest BCUT2D eigenvalue weighted by molar-refractivity contribution is 1.44. The van der Waals surface area contributed by atoms with Gasteiger partial charge in [0.15, 0.2) is 0 Å². The first-order valence-corrected chi connectivity index (χ1v) is 5.03. The van der Waals surface area contributed by atoms with Crippen LogP contribution in [0.3, 0.4) is 0 Å². The van der Waals surface area contributed by atoms with E-state index in [1.807, 2.05) is 30.3 Å². The Morgan fingerprint density at radius 3 is 2.33 bits per heavy atom. The first-order chi connectivity index (χ1) is 7.33. The summed E-state index contributed by atoms with van der Waals surface area (Å²) in [5, 5.41) is 0. The van der Waals surface area contributed by atoms with Gasteiger partial charge < -0.3 is 0 Å². The number of rotatable bonds is 2. The summed E-state index contributed by atoms with van der Waals surface area (Å²) >= 11 is 0. The predicted octanol–water partition coefficient (Wildman–Crippen LogP) is 4.11. The van der Waals surface area contributed by atoms with Crippen LogP contribution < -0.4 is 0 Å². The highest BCUT2D eigenvalue weighted by molar-refractivity contribution is 5.77. The highest BCUT2D eigenvalue weighted by Crippen LogP contribution is 2.27. The molecule has 0 heteroatoms. The Bertz CT molecular complexity index is 467. The second-order valence-corrected chi connectivity index (χ2v) is 3.57. The molecule has 0 aliphatic heterocycles. The third-order valence-electron chi connectivity index (χ3n) is 2.55. The molecule has 0 heterocycles. The predicted molar refractivity (Wildman–Crippen MR) is 65.4 cm³/mol. The summed E-state index contributed by atoms with van der Waals surface area (Å²) < 4.78 is 0. The number of hydrogen-bond acceptors (Lipinski definition) is 0. The molecule has 73 valence electrons. The van der Waals surface area contributed by atoms with Crippen molar-refractivity contribution in [1.29, 1.82) is 0 Å². The van der Waals surface area contributed by atoms with E-state index >= 15 is 0 Å². The molecule has 0 unspecified atom stereocenters. The van der Waals surface area contributed by atoms with Crippen LogP contribution in [0.15, 0.2) is 48.5 Å². The fourth-order valence-corrected chi connectivity index (χ4v) is 1.83. The van der Waals surface area contributed by atoms with E-state index in [4.69, 9.17) is 6.58 Å². The summed E-state index contributed by atoms with van der Waals surface area (Å²) in [5.41, 5.74) is 4.77. The summed E-state index contributed by atoms with van der Waals surface area (Å²) in [6, 6.07) is 16.5. The van der Waals surface area contributed by atoms with Crippen LogP contribution in [-0.2, 0) is 0 Å². The molecule has 0 aliphatic carbocycles. The van der Waals surface area contributed by atoms with Gasteiger partial charge in [-0.1, -0.05) is 61.2 Å². The topological polar surface area (TPSA) is 0 Å². The molecule has 1 radical (unpaired) electrons. The van der Waals surface area contributed by atoms with Crippen molar-refractivity contribution in [3.05, 3.63) is 66.2 Å². The molecule has 0 saturated carbocycles. The normalized spacial score (nSPS) is 9.93. The number of aryl methyl sites for hydroxylation is 1. The maximum Gasteiger partial charge on any atom is -0.00821 e. The van der Waals surface area contributed by atoms with Gasteiger partial charge in [-0.2, -0.15) is 0 Å². The van der Waals surface area contributed by atoms with E-state index < -0.39 is 0 Å². The first-order valence-electron chi connectivity index (χ1n) is 5.03. The second-order valence-electron chi connectivity index (χ2n) is 3.57. The zero-order valence-corrected chi connectivity index (χ0v) is 8.77. The van der Waals surface area contributed by atoms with Crippen LogP contribution >= 0.6 is 0 Å². The van der Waals surface area contributed by atoms with Crippen LogP contribution in [0.5, 0.6) is 0 Å². The van der Waals surface area contributed by atoms with Crippen molar-refractivity contribution in [3.8, 4) is 11.1 Å². The van der Waals surface area contributed by atoms with Gasteiger partial charge in [-0.3, -0.25) is 0 Å². The number of hydrogen-bond donors (Lipinski definition) is 0. The lowest BCUT2D eigenvalue weighted by atomic mass is 9.95. The van der Waals surface area contributed by atoms with Crippen molar-refractivity contribution in [2.24, 2.45) is 0 Å². The van der Waals surface area contributed by atoms with Gasteiger partial charge in [0.05, 0.1) is 0 Å². The van der Waals surface area contributed by atoms with E-state index in [9.17, 15) is 0 Å². The molecule has 2 aromatic rings. The van der Waals surface area contributed by atoms with Crippen molar-refractivity contribution in [2.45, 2.75) is 6.92 Å². The maximum atomic E-state index is 5.63.